The summed E-state index contributed by atoms with van der Waals surface area (Å²) in [5.74, 6) is -0.0355. The summed E-state index contributed by atoms with van der Waals surface area (Å²) < 4.78 is 22.7. The normalized spacial score (nSPS) is 11.1. The first-order chi connectivity index (χ1) is 8.89. The molecule has 0 aliphatic rings. The minimum absolute atomic E-state index is 0.0557. The second-order valence-electron chi connectivity index (χ2n) is 4.04. The fraction of sp³-hybridized carbons (Fsp3) is 0.417. The van der Waals surface area contributed by atoms with E-state index in [2.05, 4.69) is 10.6 Å². The van der Waals surface area contributed by atoms with Crippen LogP contribution in [0.2, 0.25) is 0 Å². The van der Waals surface area contributed by atoms with Gasteiger partial charge in [-0.15, -0.1) is 0 Å². The molecule has 0 aliphatic heterocycles. The quantitative estimate of drug-likeness (QED) is 0.660. The van der Waals surface area contributed by atoms with Gasteiger partial charge in [-0.05, 0) is 18.2 Å². The number of nitrogen functional groups attached to an aromatic ring is 1. The predicted molar refractivity (Wildman–Crippen MR) is 77.1 cm³/mol. The summed E-state index contributed by atoms with van der Waals surface area (Å²) in [6, 6.07) is 4.85. The van der Waals surface area contributed by atoms with Crippen molar-refractivity contribution < 1.29 is 13.2 Å². The molecular formula is C12H19N3O3S. The number of nitrogens with two attached hydrogens (primary N) is 1. The van der Waals surface area contributed by atoms with E-state index in [0.29, 0.717) is 23.5 Å². The first-order valence-electron chi connectivity index (χ1n) is 5.95. The topological polar surface area (TPSA) is 101 Å². The monoisotopic (exact) mass is 285 g/mol. The number of hydrogen-bond acceptors (Lipinski definition) is 5. The van der Waals surface area contributed by atoms with Crippen LogP contribution in [-0.2, 0) is 9.84 Å². The zero-order valence-electron chi connectivity index (χ0n) is 11.1. The molecule has 4 N–H and O–H groups in total. The lowest BCUT2D eigenvalue weighted by molar-refractivity contribution is 0.0963. The highest BCUT2D eigenvalue weighted by Gasteiger charge is 2.09. The fourth-order valence-corrected chi connectivity index (χ4v) is 2.20. The van der Waals surface area contributed by atoms with Gasteiger partial charge in [-0.25, -0.2) is 8.42 Å². The molecule has 1 rings (SSSR count). The molecule has 0 atom stereocenters. The number of hydrogen-bond donors (Lipinski definition) is 3. The SMILES string of the molecule is CCS(=O)(=O)CCNc1ccc(C(=O)NC)cc1N. The number of sulfone groups is 1. The molecule has 6 nitrogen and oxygen atoms in total. The van der Waals surface area contributed by atoms with Crippen LogP contribution in [0.25, 0.3) is 0 Å². The van der Waals surface area contributed by atoms with Gasteiger partial charge in [0.15, 0.2) is 9.84 Å². The van der Waals surface area contributed by atoms with Crippen molar-refractivity contribution in [2.24, 2.45) is 0 Å². The average Bonchev–Trinajstić information content (AvgIpc) is 2.39. The Balaban J connectivity index is 2.68. The van der Waals surface area contributed by atoms with Crippen molar-refractivity contribution in [2.75, 3.05) is 36.1 Å². The maximum Gasteiger partial charge on any atom is 0.251 e. The molecule has 0 saturated heterocycles. The largest absolute Gasteiger partial charge is 0.397 e. The lowest BCUT2D eigenvalue weighted by Gasteiger charge is -2.10. The molecule has 0 aromatic heterocycles. The molecule has 0 bridgehead atoms. The van der Waals surface area contributed by atoms with Crippen LogP contribution in [-0.4, -0.2) is 39.4 Å². The molecule has 0 saturated carbocycles. The number of amides is 1. The maximum absolute atomic E-state index is 11.4. The van der Waals surface area contributed by atoms with E-state index in [1.165, 1.54) is 0 Å². The molecule has 0 fully saturated rings. The number of nitrogens with one attached hydrogen (secondary N) is 2. The van der Waals surface area contributed by atoms with Gasteiger partial charge in [-0.3, -0.25) is 4.79 Å². The van der Waals surface area contributed by atoms with E-state index in [1.54, 1.807) is 32.2 Å². The first kappa shape index (κ1) is 15.3. The Labute approximate surface area is 113 Å². The summed E-state index contributed by atoms with van der Waals surface area (Å²) >= 11 is 0. The molecule has 19 heavy (non-hydrogen) atoms. The highest BCUT2D eigenvalue weighted by Crippen LogP contribution is 2.19. The molecule has 1 aromatic rings. The van der Waals surface area contributed by atoms with Crippen LogP contribution in [0.1, 0.15) is 17.3 Å². The van der Waals surface area contributed by atoms with E-state index in [-0.39, 0.29) is 17.4 Å². The molecule has 106 valence electrons. The van der Waals surface area contributed by atoms with Crippen LogP contribution in [0.3, 0.4) is 0 Å². The van der Waals surface area contributed by atoms with Crippen LogP contribution in [0.4, 0.5) is 11.4 Å². The molecule has 0 radical (unpaired) electrons. The van der Waals surface area contributed by atoms with Gasteiger partial charge >= 0.3 is 0 Å². The Bertz CT molecular complexity index is 555. The van der Waals surface area contributed by atoms with Gasteiger partial charge in [-0.1, -0.05) is 6.92 Å². The number of anilines is 2. The summed E-state index contributed by atoms with van der Waals surface area (Å²) in [5.41, 5.74) is 7.30. The molecule has 1 aromatic carbocycles. The van der Waals surface area contributed by atoms with Gasteiger partial charge in [0.05, 0.1) is 17.1 Å². The Hall–Kier alpha value is -1.76. The molecular weight excluding hydrogens is 266 g/mol. The summed E-state index contributed by atoms with van der Waals surface area (Å²) in [5, 5.41) is 5.46. The molecule has 1 amide bonds. The maximum atomic E-state index is 11.4. The molecule has 0 heterocycles. The molecule has 7 heteroatoms. The van der Waals surface area contributed by atoms with Crippen molar-refractivity contribution in [3.05, 3.63) is 23.8 Å². The number of rotatable bonds is 6. The zero-order valence-corrected chi connectivity index (χ0v) is 11.9. The highest BCUT2D eigenvalue weighted by molar-refractivity contribution is 7.91. The van der Waals surface area contributed by atoms with E-state index in [4.69, 9.17) is 5.73 Å². The van der Waals surface area contributed by atoms with Crippen molar-refractivity contribution in [1.29, 1.82) is 0 Å². The predicted octanol–water partition coefficient (Wildman–Crippen LogP) is 0.475. The first-order valence-corrected chi connectivity index (χ1v) is 7.77. The minimum Gasteiger partial charge on any atom is -0.397 e. The van der Waals surface area contributed by atoms with Crippen molar-refractivity contribution in [3.63, 3.8) is 0 Å². The van der Waals surface area contributed by atoms with Crippen LogP contribution in [0.5, 0.6) is 0 Å². The number of carbonyl (C=O) groups is 1. The summed E-state index contributed by atoms with van der Waals surface area (Å²) in [6.45, 7) is 1.90. The standard InChI is InChI=1S/C12H19N3O3S/c1-3-19(17,18)7-6-15-11-5-4-9(8-10(11)13)12(16)14-2/h4-5,8,15H,3,6-7,13H2,1-2H3,(H,14,16). The van der Waals surface area contributed by atoms with Gasteiger partial charge in [0.2, 0.25) is 0 Å². The van der Waals surface area contributed by atoms with E-state index >= 15 is 0 Å². The van der Waals surface area contributed by atoms with E-state index < -0.39 is 9.84 Å². The Morgan fingerprint density at radius 1 is 1.37 bits per heavy atom. The second kappa shape index (κ2) is 6.42. The Kier molecular flexibility index (Phi) is 5.17. The lowest BCUT2D eigenvalue weighted by atomic mass is 10.1. The molecule has 0 spiro atoms. The number of carbonyl (C=O) groups excluding carboxylic acids is 1. The van der Waals surface area contributed by atoms with Crippen LogP contribution in [0.15, 0.2) is 18.2 Å². The van der Waals surface area contributed by atoms with Crippen LogP contribution < -0.4 is 16.4 Å². The highest BCUT2D eigenvalue weighted by atomic mass is 32.2. The van der Waals surface area contributed by atoms with Crippen molar-refractivity contribution >= 4 is 27.1 Å². The van der Waals surface area contributed by atoms with Crippen molar-refractivity contribution in [1.82, 2.24) is 5.32 Å². The third kappa shape index (κ3) is 4.44. The van der Waals surface area contributed by atoms with Gasteiger partial charge in [-0.2, -0.15) is 0 Å². The summed E-state index contributed by atoms with van der Waals surface area (Å²) in [4.78, 5) is 11.4. The smallest absolute Gasteiger partial charge is 0.251 e. The lowest BCUT2D eigenvalue weighted by Crippen LogP contribution is -2.19. The Morgan fingerprint density at radius 3 is 2.58 bits per heavy atom. The van der Waals surface area contributed by atoms with E-state index in [0.717, 1.165) is 0 Å². The van der Waals surface area contributed by atoms with Crippen molar-refractivity contribution in [2.45, 2.75) is 6.92 Å². The van der Waals surface area contributed by atoms with Gasteiger partial charge in [0, 0.05) is 24.9 Å². The van der Waals surface area contributed by atoms with E-state index in [9.17, 15) is 13.2 Å². The zero-order chi connectivity index (χ0) is 14.5. The van der Waals surface area contributed by atoms with Gasteiger partial charge < -0.3 is 16.4 Å². The van der Waals surface area contributed by atoms with Crippen LogP contribution in [0, 0.1) is 0 Å². The van der Waals surface area contributed by atoms with E-state index in [1.807, 2.05) is 0 Å². The summed E-state index contributed by atoms with van der Waals surface area (Å²) in [7, 11) is -1.45. The third-order valence-electron chi connectivity index (χ3n) is 2.71. The van der Waals surface area contributed by atoms with Gasteiger partial charge in [0.1, 0.15) is 0 Å². The van der Waals surface area contributed by atoms with Crippen LogP contribution >= 0.6 is 0 Å². The Morgan fingerprint density at radius 2 is 2.05 bits per heavy atom. The van der Waals surface area contributed by atoms with Gasteiger partial charge in [0.25, 0.3) is 5.91 Å². The van der Waals surface area contributed by atoms with Crippen molar-refractivity contribution in [3.8, 4) is 0 Å². The third-order valence-corrected chi connectivity index (χ3v) is 4.41. The molecule has 0 unspecified atom stereocenters. The fourth-order valence-electron chi connectivity index (χ4n) is 1.49. The number of benzene rings is 1. The molecule has 0 aliphatic carbocycles. The minimum atomic E-state index is -3.00. The second-order valence-corrected chi connectivity index (χ2v) is 6.52. The average molecular weight is 285 g/mol. The summed E-state index contributed by atoms with van der Waals surface area (Å²) in [6.07, 6.45) is 0.